The second-order valence-corrected chi connectivity index (χ2v) is 8.85. The number of nitrogens with zero attached hydrogens (tertiary/aromatic N) is 4. The third-order valence-corrected chi connectivity index (χ3v) is 6.69. The van der Waals surface area contributed by atoms with Crippen LogP contribution >= 0.6 is 11.3 Å². The number of nitrogen functional groups attached to an aromatic ring is 1. The van der Waals surface area contributed by atoms with E-state index in [9.17, 15) is 4.79 Å². The van der Waals surface area contributed by atoms with Gasteiger partial charge in [-0.1, -0.05) is 18.2 Å². The van der Waals surface area contributed by atoms with Gasteiger partial charge in [0.1, 0.15) is 10.8 Å². The van der Waals surface area contributed by atoms with Crippen molar-refractivity contribution in [3.05, 3.63) is 88.3 Å². The van der Waals surface area contributed by atoms with Crippen molar-refractivity contribution < 1.29 is 0 Å². The van der Waals surface area contributed by atoms with Crippen LogP contribution in [0.5, 0.6) is 0 Å². The summed E-state index contributed by atoms with van der Waals surface area (Å²) < 4.78 is 0. The Morgan fingerprint density at radius 3 is 2.76 bits per heavy atom. The average molecular weight is 466 g/mol. The fraction of sp³-hybridized carbons (Fsp3) is 0.0800. The maximum Gasteiger partial charge on any atom is 0.260 e. The third-order valence-electron chi connectivity index (χ3n) is 5.88. The van der Waals surface area contributed by atoms with Crippen LogP contribution in [-0.2, 0) is 12.8 Å². The number of benzene rings is 2. The van der Waals surface area contributed by atoms with Crippen LogP contribution in [0.1, 0.15) is 11.4 Å². The Hall–Kier alpha value is -4.37. The predicted molar refractivity (Wildman–Crippen MR) is 135 cm³/mol. The van der Waals surface area contributed by atoms with Crippen molar-refractivity contribution in [2.45, 2.75) is 12.8 Å². The molecule has 4 N–H and O–H groups in total. The van der Waals surface area contributed by atoms with Crippen molar-refractivity contribution in [2.24, 2.45) is 0 Å². The Morgan fingerprint density at radius 1 is 1.00 bits per heavy atom. The Kier molecular flexibility index (Phi) is 4.88. The normalized spacial score (nSPS) is 11.4. The van der Waals surface area contributed by atoms with Gasteiger partial charge in [0.05, 0.1) is 28.3 Å². The summed E-state index contributed by atoms with van der Waals surface area (Å²) >= 11 is 1.50. The molecule has 6 aromatic rings. The van der Waals surface area contributed by atoms with Crippen LogP contribution in [0.15, 0.2) is 71.4 Å². The van der Waals surface area contributed by atoms with E-state index in [4.69, 9.17) is 10.7 Å². The Balaban J connectivity index is 1.57. The number of rotatable bonds is 5. The molecular weight excluding hydrogens is 446 g/mol. The number of nitrogens with one attached hydrogen (secondary N) is 2. The van der Waals surface area contributed by atoms with Crippen LogP contribution in [0, 0.1) is 0 Å². The number of H-pyrrole nitrogens is 2. The molecule has 2 aromatic carbocycles. The summed E-state index contributed by atoms with van der Waals surface area (Å²) in [6.45, 7) is 0. The van der Waals surface area contributed by atoms with E-state index in [-0.39, 0.29) is 5.56 Å². The summed E-state index contributed by atoms with van der Waals surface area (Å²) in [5, 5.41) is 11.1. The molecule has 0 amide bonds. The average Bonchev–Trinajstić information content (AvgIpc) is 3.56. The Labute approximate surface area is 197 Å². The summed E-state index contributed by atoms with van der Waals surface area (Å²) in [4.78, 5) is 29.8. The first-order chi connectivity index (χ1) is 16.7. The maximum atomic E-state index is 13.3. The first kappa shape index (κ1) is 20.3. The van der Waals surface area contributed by atoms with Crippen molar-refractivity contribution >= 4 is 38.8 Å². The van der Waals surface area contributed by atoms with E-state index >= 15 is 0 Å². The molecule has 0 unspecified atom stereocenters. The minimum absolute atomic E-state index is 0.261. The van der Waals surface area contributed by atoms with E-state index in [1.807, 2.05) is 48.0 Å². The number of thiazole rings is 1. The molecule has 8 nitrogen and oxygen atoms in total. The van der Waals surface area contributed by atoms with Gasteiger partial charge >= 0.3 is 0 Å². The molecule has 34 heavy (non-hydrogen) atoms. The largest absolute Gasteiger partial charge is 0.398 e. The molecule has 0 atom stereocenters. The van der Waals surface area contributed by atoms with Gasteiger partial charge in [-0.05, 0) is 35.7 Å². The van der Waals surface area contributed by atoms with Crippen LogP contribution in [0.25, 0.3) is 43.5 Å². The maximum absolute atomic E-state index is 13.3. The zero-order chi connectivity index (χ0) is 23.1. The van der Waals surface area contributed by atoms with Gasteiger partial charge in [0, 0.05) is 46.9 Å². The molecule has 9 heteroatoms. The standard InChI is InChI=1S/C25H19N7OS/c26-22-16(15-4-1-5-19-18(15)13-29-32-19)11-17(25-28-9-10-34-25)23-21(22)24(33)31-20(30-23)7-6-14-3-2-8-27-12-14/h1-5,8-13H,6-7,26H2,(H,29,32)(H,30,31,33). The summed E-state index contributed by atoms with van der Waals surface area (Å²) in [5.74, 6) is 0.600. The van der Waals surface area contributed by atoms with Crippen molar-refractivity contribution in [3.8, 4) is 21.7 Å². The molecule has 0 saturated heterocycles. The summed E-state index contributed by atoms with van der Waals surface area (Å²) in [6, 6.07) is 11.8. The number of nitrogens with two attached hydrogens (primary N) is 1. The lowest BCUT2D eigenvalue weighted by Crippen LogP contribution is -2.15. The second-order valence-electron chi connectivity index (χ2n) is 7.96. The molecule has 166 valence electrons. The number of fused-ring (bicyclic) bond motifs is 2. The fourth-order valence-corrected chi connectivity index (χ4v) is 4.92. The van der Waals surface area contributed by atoms with Crippen LogP contribution < -0.4 is 11.3 Å². The minimum Gasteiger partial charge on any atom is -0.398 e. The van der Waals surface area contributed by atoms with Crippen LogP contribution in [-0.4, -0.2) is 30.1 Å². The van der Waals surface area contributed by atoms with Gasteiger partial charge in [-0.25, -0.2) is 9.97 Å². The highest BCUT2D eigenvalue weighted by Crippen LogP contribution is 2.40. The monoisotopic (exact) mass is 465 g/mol. The van der Waals surface area contributed by atoms with Gasteiger partial charge in [0.2, 0.25) is 0 Å². The zero-order valence-electron chi connectivity index (χ0n) is 17.9. The van der Waals surface area contributed by atoms with E-state index < -0.39 is 0 Å². The van der Waals surface area contributed by atoms with Gasteiger partial charge < -0.3 is 10.7 Å². The number of hydrogen-bond acceptors (Lipinski definition) is 7. The third kappa shape index (κ3) is 3.43. The SMILES string of the molecule is Nc1c(-c2cccc3[nH]ncc23)cc(-c2nccs2)c2nc(CCc3cccnc3)[nH]c(=O)c12. The second kappa shape index (κ2) is 8.20. The molecule has 0 bridgehead atoms. The number of hydrogen-bond donors (Lipinski definition) is 3. The fourth-order valence-electron chi connectivity index (χ4n) is 4.26. The predicted octanol–water partition coefficient (Wildman–Crippen LogP) is 4.35. The molecule has 0 spiro atoms. The molecule has 0 aliphatic heterocycles. The van der Waals surface area contributed by atoms with Gasteiger partial charge in [0.15, 0.2) is 0 Å². The minimum atomic E-state index is -0.261. The van der Waals surface area contributed by atoms with Crippen molar-refractivity contribution in [1.82, 2.24) is 30.1 Å². The topological polar surface area (TPSA) is 126 Å². The smallest absolute Gasteiger partial charge is 0.260 e. The lowest BCUT2D eigenvalue weighted by Gasteiger charge is -2.14. The van der Waals surface area contributed by atoms with Gasteiger partial charge in [-0.15, -0.1) is 11.3 Å². The summed E-state index contributed by atoms with van der Waals surface area (Å²) in [5.41, 5.74) is 11.7. The van der Waals surface area contributed by atoms with E-state index in [2.05, 4.69) is 25.1 Å². The van der Waals surface area contributed by atoms with Gasteiger partial charge in [-0.3, -0.25) is 14.9 Å². The Bertz CT molecular complexity index is 1690. The quantitative estimate of drug-likeness (QED) is 0.325. The lowest BCUT2D eigenvalue weighted by molar-refractivity contribution is 0.857. The van der Waals surface area contributed by atoms with E-state index in [1.54, 1.807) is 18.6 Å². The first-order valence-electron chi connectivity index (χ1n) is 10.8. The van der Waals surface area contributed by atoms with E-state index in [0.29, 0.717) is 35.3 Å². The number of aromatic nitrogens is 6. The van der Waals surface area contributed by atoms with Crippen LogP contribution in [0.4, 0.5) is 5.69 Å². The molecule has 0 fully saturated rings. The highest BCUT2D eigenvalue weighted by Gasteiger charge is 2.20. The molecule has 0 aliphatic rings. The van der Waals surface area contributed by atoms with E-state index in [1.165, 1.54) is 11.3 Å². The van der Waals surface area contributed by atoms with Gasteiger partial charge in [0.25, 0.3) is 5.56 Å². The van der Waals surface area contributed by atoms with Crippen molar-refractivity contribution in [2.75, 3.05) is 5.73 Å². The van der Waals surface area contributed by atoms with Gasteiger partial charge in [-0.2, -0.15) is 5.10 Å². The molecular formula is C25H19N7OS. The molecule has 0 radical (unpaired) electrons. The number of anilines is 1. The van der Waals surface area contributed by atoms with Crippen LogP contribution in [0.3, 0.4) is 0 Å². The Morgan fingerprint density at radius 2 is 1.94 bits per heavy atom. The van der Waals surface area contributed by atoms with Crippen molar-refractivity contribution in [1.29, 1.82) is 0 Å². The molecule has 4 aromatic heterocycles. The lowest BCUT2D eigenvalue weighted by atomic mass is 9.95. The molecule has 4 heterocycles. The number of aryl methyl sites for hydroxylation is 2. The van der Waals surface area contributed by atoms with E-state index in [0.717, 1.165) is 38.2 Å². The van der Waals surface area contributed by atoms with Crippen LogP contribution in [0.2, 0.25) is 0 Å². The highest BCUT2D eigenvalue weighted by molar-refractivity contribution is 7.13. The number of pyridine rings is 1. The summed E-state index contributed by atoms with van der Waals surface area (Å²) in [6.07, 6.45) is 8.36. The highest BCUT2D eigenvalue weighted by atomic mass is 32.1. The number of aromatic amines is 2. The zero-order valence-corrected chi connectivity index (χ0v) is 18.8. The molecule has 0 saturated carbocycles. The van der Waals surface area contributed by atoms with Crippen molar-refractivity contribution in [3.63, 3.8) is 0 Å². The first-order valence-corrected chi connectivity index (χ1v) is 11.6. The molecule has 0 aliphatic carbocycles. The summed E-state index contributed by atoms with van der Waals surface area (Å²) in [7, 11) is 0. The molecule has 6 rings (SSSR count).